The number of carbonyl (C=O) groups is 1. The van der Waals surface area contributed by atoms with Crippen molar-refractivity contribution in [2.75, 3.05) is 0 Å². The molecule has 2 heteroatoms. The molecule has 5 aliphatic carbocycles. The molecular formula is C32H52O2. The van der Waals surface area contributed by atoms with Gasteiger partial charge in [-0.05, 0) is 109 Å². The average molecular weight is 469 g/mol. The van der Waals surface area contributed by atoms with Crippen molar-refractivity contribution in [1.82, 2.24) is 0 Å². The second-order valence-electron chi connectivity index (χ2n) is 15.3. The fourth-order valence-electron chi connectivity index (χ4n) is 11.2. The first-order valence-electron chi connectivity index (χ1n) is 14.6. The number of esters is 1. The van der Waals surface area contributed by atoms with E-state index in [2.05, 4.69) is 61.5 Å². The molecule has 4 saturated carbocycles. The summed E-state index contributed by atoms with van der Waals surface area (Å²) in [5, 5.41) is 0. The van der Waals surface area contributed by atoms with E-state index in [-0.39, 0.29) is 17.5 Å². The molecule has 0 N–H and O–H groups in total. The smallest absolute Gasteiger partial charge is 0.302 e. The minimum absolute atomic E-state index is 0.0450. The SMILES string of the molecule is CC(=O)O[C@@H]1CC[C@@]2(C)[C@@H](CC[C@]3(C)[C@H]2CC=C2[C@@H]4[C@H](C)[C@H](C)CC[C@@]4(C)CC[C@]23C)C1(C)C. The highest BCUT2D eigenvalue weighted by atomic mass is 16.5. The topological polar surface area (TPSA) is 26.3 Å². The van der Waals surface area contributed by atoms with Gasteiger partial charge >= 0.3 is 5.97 Å². The maximum atomic E-state index is 11.9. The van der Waals surface area contributed by atoms with E-state index in [4.69, 9.17) is 4.74 Å². The van der Waals surface area contributed by atoms with Crippen LogP contribution in [0.2, 0.25) is 0 Å². The van der Waals surface area contributed by atoms with Crippen LogP contribution in [0, 0.1) is 56.7 Å². The van der Waals surface area contributed by atoms with E-state index in [0.29, 0.717) is 27.6 Å². The molecule has 0 aromatic heterocycles. The Hall–Kier alpha value is -0.790. The van der Waals surface area contributed by atoms with Crippen LogP contribution in [0.5, 0.6) is 0 Å². The minimum atomic E-state index is -0.110. The summed E-state index contributed by atoms with van der Waals surface area (Å²) < 4.78 is 5.91. The van der Waals surface area contributed by atoms with Crippen molar-refractivity contribution in [3.8, 4) is 0 Å². The Bertz CT molecular complexity index is 885. The highest BCUT2D eigenvalue weighted by Gasteiger charge is 2.68. The third-order valence-electron chi connectivity index (χ3n) is 13.6. The van der Waals surface area contributed by atoms with E-state index in [1.807, 2.05) is 5.57 Å². The zero-order valence-corrected chi connectivity index (χ0v) is 23.7. The number of carbonyl (C=O) groups excluding carboxylic acids is 1. The molecule has 0 amide bonds. The summed E-state index contributed by atoms with van der Waals surface area (Å²) >= 11 is 0. The molecule has 0 aromatic rings. The first-order chi connectivity index (χ1) is 15.7. The predicted octanol–water partition coefficient (Wildman–Crippen LogP) is 8.60. The molecule has 10 atom stereocenters. The largest absolute Gasteiger partial charge is 0.462 e. The molecule has 0 unspecified atom stereocenters. The number of rotatable bonds is 1. The summed E-state index contributed by atoms with van der Waals surface area (Å²) in [6, 6.07) is 0. The third kappa shape index (κ3) is 3.08. The molecule has 4 fully saturated rings. The van der Waals surface area contributed by atoms with Gasteiger partial charge in [0.2, 0.25) is 0 Å². The summed E-state index contributed by atoms with van der Waals surface area (Å²) in [5.74, 6) is 3.66. The first kappa shape index (κ1) is 24.9. The number of allylic oxidation sites excluding steroid dienone is 2. The van der Waals surface area contributed by atoms with E-state index in [9.17, 15) is 4.79 Å². The van der Waals surface area contributed by atoms with E-state index < -0.39 is 0 Å². The first-order valence-corrected chi connectivity index (χ1v) is 14.6. The number of hydrogen-bond acceptors (Lipinski definition) is 2. The Kier molecular flexibility index (Phi) is 5.57. The van der Waals surface area contributed by atoms with Crippen molar-refractivity contribution in [3.63, 3.8) is 0 Å². The van der Waals surface area contributed by atoms with Gasteiger partial charge in [-0.1, -0.05) is 67.0 Å². The molecule has 0 aliphatic heterocycles. The molecule has 2 nitrogen and oxygen atoms in total. The maximum Gasteiger partial charge on any atom is 0.302 e. The Morgan fingerprint density at radius 3 is 2.26 bits per heavy atom. The molecule has 192 valence electrons. The summed E-state index contributed by atoms with van der Waals surface area (Å²) in [4.78, 5) is 11.9. The van der Waals surface area contributed by atoms with Gasteiger partial charge in [-0.3, -0.25) is 4.79 Å². The lowest BCUT2D eigenvalue weighted by atomic mass is 9.33. The summed E-state index contributed by atoms with van der Waals surface area (Å²) in [7, 11) is 0. The lowest BCUT2D eigenvalue weighted by molar-refractivity contribution is -0.212. The average Bonchev–Trinajstić information content (AvgIpc) is 2.74. The van der Waals surface area contributed by atoms with Crippen LogP contribution in [0.3, 0.4) is 0 Å². The number of hydrogen-bond donors (Lipinski definition) is 0. The van der Waals surface area contributed by atoms with Gasteiger partial charge in [0.25, 0.3) is 0 Å². The third-order valence-corrected chi connectivity index (χ3v) is 13.6. The predicted molar refractivity (Wildman–Crippen MR) is 140 cm³/mol. The standard InChI is InChI=1S/C32H52O2/c1-20-12-15-29(6)18-19-31(8)23(27(29)21(20)2)10-11-25-30(7)16-14-26(34-22(3)33)28(4,5)24(30)13-17-32(25,31)9/h10,20-21,24-27H,11-19H2,1-9H3/t20-,21-,24+,25+,26-,27+,29+,30+,31-,32-/m1/s1. The van der Waals surface area contributed by atoms with E-state index >= 15 is 0 Å². The second-order valence-corrected chi connectivity index (χ2v) is 15.3. The van der Waals surface area contributed by atoms with Crippen LogP contribution in [-0.2, 0) is 9.53 Å². The summed E-state index contributed by atoms with van der Waals surface area (Å²) in [6.45, 7) is 22.1. The van der Waals surface area contributed by atoms with Crippen molar-refractivity contribution in [1.29, 1.82) is 0 Å². The van der Waals surface area contributed by atoms with Gasteiger partial charge in [0, 0.05) is 12.3 Å². The van der Waals surface area contributed by atoms with Crippen LogP contribution in [0.4, 0.5) is 0 Å². The Morgan fingerprint density at radius 2 is 1.59 bits per heavy atom. The quantitative estimate of drug-likeness (QED) is 0.284. The normalized spacial score (nSPS) is 54.0. The molecule has 0 radical (unpaired) electrons. The fourth-order valence-corrected chi connectivity index (χ4v) is 11.2. The minimum Gasteiger partial charge on any atom is -0.462 e. The van der Waals surface area contributed by atoms with Crippen LogP contribution in [-0.4, -0.2) is 12.1 Å². The molecule has 0 heterocycles. The summed E-state index contributed by atoms with van der Waals surface area (Å²) in [6.07, 6.45) is 14.6. The van der Waals surface area contributed by atoms with Gasteiger partial charge in [-0.2, -0.15) is 0 Å². The van der Waals surface area contributed by atoms with Gasteiger partial charge in [-0.25, -0.2) is 0 Å². The van der Waals surface area contributed by atoms with Crippen LogP contribution < -0.4 is 0 Å². The van der Waals surface area contributed by atoms with Crippen molar-refractivity contribution in [3.05, 3.63) is 11.6 Å². The highest BCUT2D eigenvalue weighted by Crippen LogP contribution is 2.75. The van der Waals surface area contributed by atoms with E-state index in [0.717, 1.165) is 30.1 Å². The van der Waals surface area contributed by atoms with E-state index in [1.54, 1.807) is 6.92 Å². The second kappa shape index (κ2) is 7.61. The number of fused-ring (bicyclic) bond motifs is 7. The van der Waals surface area contributed by atoms with Gasteiger partial charge < -0.3 is 4.74 Å². The molecule has 0 aromatic carbocycles. The molecule has 5 rings (SSSR count). The zero-order valence-electron chi connectivity index (χ0n) is 23.7. The van der Waals surface area contributed by atoms with Crippen molar-refractivity contribution in [2.24, 2.45) is 56.7 Å². The fraction of sp³-hybridized carbons (Fsp3) is 0.906. The van der Waals surface area contributed by atoms with Crippen molar-refractivity contribution < 1.29 is 9.53 Å². The van der Waals surface area contributed by atoms with Crippen LogP contribution in [0.15, 0.2) is 11.6 Å². The maximum absolute atomic E-state index is 11.9. The van der Waals surface area contributed by atoms with Crippen molar-refractivity contribution in [2.45, 2.75) is 126 Å². The lowest BCUT2D eigenvalue weighted by Crippen LogP contribution is -2.65. The molecule has 0 bridgehead atoms. The molecule has 0 spiro atoms. The monoisotopic (exact) mass is 468 g/mol. The Labute approximate surface area is 210 Å². The highest BCUT2D eigenvalue weighted by molar-refractivity contribution is 5.66. The van der Waals surface area contributed by atoms with E-state index in [1.165, 1.54) is 51.4 Å². The van der Waals surface area contributed by atoms with Gasteiger partial charge in [0.1, 0.15) is 6.10 Å². The Morgan fingerprint density at radius 1 is 0.882 bits per heavy atom. The molecule has 5 aliphatic rings. The lowest BCUT2D eigenvalue weighted by Gasteiger charge is -2.71. The van der Waals surface area contributed by atoms with Gasteiger partial charge in [-0.15, -0.1) is 0 Å². The van der Waals surface area contributed by atoms with Crippen LogP contribution in [0.1, 0.15) is 120 Å². The summed E-state index contributed by atoms with van der Waals surface area (Å²) in [5.41, 5.74) is 3.44. The van der Waals surface area contributed by atoms with Crippen LogP contribution in [0.25, 0.3) is 0 Å². The van der Waals surface area contributed by atoms with Gasteiger partial charge in [0.15, 0.2) is 0 Å². The van der Waals surface area contributed by atoms with Crippen molar-refractivity contribution >= 4 is 5.97 Å². The molecule has 34 heavy (non-hydrogen) atoms. The van der Waals surface area contributed by atoms with Crippen LogP contribution >= 0.6 is 0 Å². The molecule has 0 saturated heterocycles. The molecular weight excluding hydrogens is 416 g/mol. The Balaban J connectivity index is 1.54. The van der Waals surface area contributed by atoms with Gasteiger partial charge in [0.05, 0.1) is 0 Å². The zero-order chi connectivity index (χ0) is 24.9. The number of ether oxygens (including phenoxy) is 1.